The van der Waals surface area contributed by atoms with Gasteiger partial charge >= 0.3 is 6.18 Å². The van der Waals surface area contributed by atoms with Crippen molar-refractivity contribution in [2.24, 2.45) is 0 Å². The van der Waals surface area contributed by atoms with Crippen LogP contribution in [0.4, 0.5) is 29.1 Å². The summed E-state index contributed by atoms with van der Waals surface area (Å²) in [5, 5.41) is 0. The van der Waals surface area contributed by atoms with Crippen molar-refractivity contribution in [3.63, 3.8) is 0 Å². The number of methoxy groups -OCH3 is 2. The summed E-state index contributed by atoms with van der Waals surface area (Å²) < 4.78 is 97.0. The predicted octanol–water partition coefficient (Wildman–Crippen LogP) is 6.51. The molecular weight excluding hydrogens is 713 g/mol. The molecule has 0 aliphatic carbocycles. The number of alkyl halides is 3. The molecule has 3 aromatic carbocycles. The van der Waals surface area contributed by atoms with Crippen LogP contribution in [0.5, 0.6) is 11.5 Å². The van der Waals surface area contributed by atoms with Crippen molar-refractivity contribution in [2.45, 2.75) is 48.8 Å². The van der Waals surface area contributed by atoms with Crippen molar-refractivity contribution >= 4 is 21.5 Å². The molecule has 1 aliphatic rings. The van der Waals surface area contributed by atoms with Crippen LogP contribution in [-0.4, -0.2) is 95.3 Å². The molecule has 1 aromatic heterocycles. The Morgan fingerprint density at radius 3 is 2.42 bits per heavy atom. The number of aromatic nitrogens is 2. The molecular formula is C38H46F4N6O4S. The number of halogens is 4. The van der Waals surface area contributed by atoms with Crippen LogP contribution in [0, 0.1) is 5.82 Å². The highest BCUT2D eigenvalue weighted by atomic mass is 32.2. The summed E-state index contributed by atoms with van der Waals surface area (Å²) in [5.41, 5.74) is 0.489. The van der Waals surface area contributed by atoms with E-state index in [1.165, 1.54) is 57.1 Å². The fourth-order valence-electron chi connectivity index (χ4n) is 6.78. The summed E-state index contributed by atoms with van der Waals surface area (Å²) in [6.45, 7) is 2.35. The first-order valence-corrected chi connectivity index (χ1v) is 18.7. The van der Waals surface area contributed by atoms with E-state index in [1.54, 1.807) is 30.3 Å². The minimum Gasteiger partial charge on any atom is -0.497 e. The van der Waals surface area contributed by atoms with Crippen molar-refractivity contribution in [1.29, 1.82) is 0 Å². The predicted molar refractivity (Wildman–Crippen MR) is 196 cm³/mol. The Bertz CT molecular complexity index is 1950. The summed E-state index contributed by atoms with van der Waals surface area (Å²) in [7, 11) is 4.44. The van der Waals surface area contributed by atoms with Gasteiger partial charge in [-0.2, -0.15) is 13.2 Å². The highest BCUT2D eigenvalue weighted by Gasteiger charge is 2.40. The third-order valence-corrected chi connectivity index (χ3v) is 11.6. The van der Waals surface area contributed by atoms with Gasteiger partial charge in [0.2, 0.25) is 0 Å². The van der Waals surface area contributed by atoms with E-state index >= 15 is 4.39 Å². The van der Waals surface area contributed by atoms with Gasteiger partial charge in [-0.25, -0.2) is 27.1 Å². The van der Waals surface area contributed by atoms with Crippen molar-refractivity contribution in [2.75, 3.05) is 70.7 Å². The van der Waals surface area contributed by atoms with Crippen molar-refractivity contribution < 1.29 is 35.5 Å². The van der Waals surface area contributed by atoms with Crippen LogP contribution >= 0.6 is 0 Å². The van der Waals surface area contributed by atoms with Crippen molar-refractivity contribution in [3.8, 4) is 11.5 Å². The molecule has 0 bridgehead atoms. The average molecular weight is 759 g/mol. The minimum absolute atomic E-state index is 0.0451. The second-order valence-electron chi connectivity index (χ2n) is 13.5. The number of nitrogens with zero attached hydrogens (tertiary/aromatic N) is 6. The Hall–Kier alpha value is -4.47. The molecule has 1 atom stereocenters. The lowest BCUT2D eigenvalue weighted by Crippen LogP contribution is -2.59. The summed E-state index contributed by atoms with van der Waals surface area (Å²) in [6.07, 6.45) is 0.732. The molecule has 1 fully saturated rings. The first-order valence-electron chi connectivity index (χ1n) is 17.2. The molecule has 1 aliphatic heterocycles. The molecule has 53 heavy (non-hydrogen) atoms. The number of hydrogen-bond acceptors (Lipinski definition) is 9. The minimum atomic E-state index is -4.51. The van der Waals surface area contributed by atoms with Gasteiger partial charge < -0.3 is 19.3 Å². The molecule has 0 radical (unpaired) electrons. The van der Waals surface area contributed by atoms with E-state index in [-0.39, 0.29) is 12.4 Å². The maximum Gasteiger partial charge on any atom is 0.416 e. The third kappa shape index (κ3) is 9.37. The van der Waals surface area contributed by atoms with Gasteiger partial charge in [-0.05, 0) is 88.8 Å². The number of sulfonamides is 1. The molecule has 4 aromatic rings. The zero-order valence-electron chi connectivity index (χ0n) is 30.6. The molecule has 0 spiro atoms. The van der Waals surface area contributed by atoms with Crippen molar-refractivity contribution in [1.82, 2.24) is 19.8 Å². The summed E-state index contributed by atoms with van der Waals surface area (Å²) in [5.74, 6) is 0.0182. The van der Waals surface area contributed by atoms with Crippen LogP contribution in [0.1, 0.15) is 36.0 Å². The number of aryl methyl sites for hydroxylation is 1. The Morgan fingerprint density at radius 2 is 1.75 bits per heavy atom. The summed E-state index contributed by atoms with van der Waals surface area (Å²) in [6, 6.07) is 16.0. The number of piperidine rings is 1. The summed E-state index contributed by atoms with van der Waals surface area (Å²) >= 11 is 0. The molecule has 1 unspecified atom stereocenters. The van der Waals surface area contributed by atoms with E-state index < -0.39 is 38.0 Å². The van der Waals surface area contributed by atoms with E-state index in [9.17, 15) is 21.6 Å². The summed E-state index contributed by atoms with van der Waals surface area (Å²) in [4.78, 5) is 13.9. The molecule has 0 amide bonds. The van der Waals surface area contributed by atoms with Crippen LogP contribution in [0.15, 0.2) is 84.1 Å². The molecule has 1 saturated heterocycles. The van der Waals surface area contributed by atoms with Crippen LogP contribution in [0.25, 0.3) is 0 Å². The van der Waals surface area contributed by atoms with E-state index in [4.69, 9.17) is 9.47 Å². The Morgan fingerprint density at radius 1 is 0.962 bits per heavy atom. The number of likely N-dealkylation sites (N-methyl/N-ethyl adjacent to an activating group) is 2. The second-order valence-corrected chi connectivity index (χ2v) is 15.4. The largest absolute Gasteiger partial charge is 0.497 e. The standard InChI is InChI=1S/C38H46F4N6O4S/c1-45(2)20-21-46(3)37(17-14-28-8-6-9-30(22-28)38(40,41)42)16-7-19-47(26-37)31-11-13-35(33(39)23-31)53(49,50)48(36-15-18-43-27-44-36)25-29-10-12-32(51-4)24-34(29)52-5/h6,8-13,15,18,22-24,27H,7,14,16-17,19-21,25-26H2,1-5H3. The Balaban J connectivity index is 1.44. The monoisotopic (exact) mass is 758 g/mol. The topological polar surface area (TPSA) is 91.3 Å². The van der Waals surface area contributed by atoms with Crippen LogP contribution in [0.2, 0.25) is 0 Å². The lowest BCUT2D eigenvalue weighted by atomic mass is 9.81. The van der Waals surface area contributed by atoms with Crippen LogP contribution < -0.4 is 18.7 Å². The molecule has 0 N–H and O–H groups in total. The van der Waals surface area contributed by atoms with Gasteiger partial charge in [-0.1, -0.05) is 18.2 Å². The maximum absolute atomic E-state index is 16.2. The number of anilines is 2. The number of ether oxygens (including phenoxy) is 2. The van der Waals surface area contributed by atoms with Gasteiger partial charge in [-0.3, -0.25) is 4.90 Å². The van der Waals surface area contributed by atoms with E-state index in [0.29, 0.717) is 60.8 Å². The first-order chi connectivity index (χ1) is 25.2. The van der Waals surface area contributed by atoms with Gasteiger partial charge in [0.15, 0.2) is 0 Å². The molecule has 10 nitrogen and oxygen atoms in total. The lowest BCUT2D eigenvalue weighted by molar-refractivity contribution is -0.137. The van der Waals surface area contributed by atoms with Gasteiger partial charge in [0.25, 0.3) is 10.0 Å². The molecule has 286 valence electrons. The number of rotatable bonds is 15. The SMILES string of the molecule is COc1ccc(CN(c2ccncn2)S(=O)(=O)c2ccc(N3CCCC(CCc4cccc(C(F)(F)F)c4)(N(C)CCN(C)C)C3)cc2F)c(OC)c1. The van der Waals surface area contributed by atoms with Gasteiger partial charge in [0, 0.05) is 61.3 Å². The van der Waals surface area contributed by atoms with E-state index in [2.05, 4.69) is 19.8 Å². The third-order valence-electron chi connectivity index (χ3n) is 9.86. The zero-order valence-corrected chi connectivity index (χ0v) is 31.4. The van der Waals surface area contributed by atoms with Crippen LogP contribution in [0.3, 0.4) is 0 Å². The fraction of sp³-hybridized carbons (Fsp3) is 0.421. The highest BCUT2D eigenvalue weighted by molar-refractivity contribution is 7.92. The highest BCUT2D eigenvalue weighted by Crippen LogP contribution is 2.37. The average Bonchev–Trinajstić information content (AvgIpc) is 3.15. The quantitative estimate of drug-likeness (QED) is 0.126. The fourth-order valence-corrected chi connectivity index (χ4v) is 8.22. The van der Waals surface area contributed by atoms with E-state index in [1.807, 2.05) is 26.0 Å². The Labute approximate surface area is 309 Å². The first kappa shape index (κ1) is 39.7. The zero-order chi connectivity index (χ0) is 38.4. The normalized spacial score (nSPS) is 16.6. The van der Waals surface area contributed by atoms with Gasteiger partial charge in [-0.15, -0.1) is 0 Å². The molecule has 0 saturated carbocycles. The molecule has 15 heteroatoms. The molecule has 2 heterocycles. The number of hydrogen-bond donors (Lipinski definition) is 0. The van der Waals surface area contributed by atoms with Crippen LogP contribution in [-0.2, 0) is 29.2 Å². The Kier molecular flexibility index (Phi) is 12.5. The molecule has 5 rings (SSSR count). The smallest absolute Gasteiger partial charge is 0.416 e. The maximum atomic E-state index is 16.2. The number of benzene rings is 3. The van der Waals surface area contributed by atoms with Gasteiger partial charge in [0.1, 0.15) is 34.4 Å². The lowest BCUT2D eigenvalue weighted by Gasteiger charge is -2.49. The van der Waals surface area contributed by atoms with Gasteiger partial charge in [0.05, 0.1) is 26.3 Å². The van der Waals surface area contributed by atoms with E-state index in [0.717, 1.165) is 29.8 Å². The van der Waals surface area contributed by atoms with Crippen molar-refractivity contribution in [3.05, 3.63) is 102 Å². The second kappa shape index (κ2) is 16.7.